The molecule has 1 atom stereocenters. The fourth-order valence-electron chi connectivity index (χ4n) is 1.60. The van der Waals surface area contributed by atoms with Gasteiger partial charge in [-0.2, -0.15) is 0 Å². The summed E-state index contributed by atoms with van der Waals surface area (Å²) in [4.78, 5) is 0. The van der Waals surface area contributed by atoms with Crippen LogP contribution in [0.3, 0.4) is 0 Å². The van der Waals surface area contributed by atoms with Crippen LogP contribution in [-0.2, 0) is 0 Å². The largest absolute Gasteiger partial charge is 0.251 e. The van der Waals surface area contributed by atoms with E-state index in [4.69, 9.17) is 0 Å². The lowest BCUT2D eigenvalue weighted by molar-refractivity contribution is 0.0832. The molecule has 1 unspecified atom stereocenters. The van der Waals surface area contributed by atoms with Crippen LogP contribution in [0.1, 0.15) is 33.1 Å². The number of rotatable bonds is 3. The van der Waals surface area contributed by atoms with E-state index in [2.05, 4.69) is 0 Å². The molecule has 1 fully saturated rings. The average Bonchev–Trinajstić information content (AvgIpc) is 2.44. The number of alkyl halides is 2. The highest BCUT2D eigenvalue weighted by atomic mass is 19.3. The minimum Gasteiger partial charge on any atom is -0.207 e. The zero-order chi connectivity index (χ0) is 7.78. The maximum absolute atomic E-state index is 12.4. The van der Waals surface area contributed by atoms with E-state index < -0.39 is 5.92 Å². The molecule has 1 aliphatic rings. The molecule has 0 aliphatic heterocycles. The molecule has 1 rings (SSSR count). The summed E-state index contributed by atoms with van der Waals surface area (Å²) < 4.78 is 24.8. The van der Waals surface area contributed by atoms with Crippen molar-refractivity contribution < 1.29 is 8.78 Å². The van der Waals surface area contributed by atoms with Gasteiger partial charge in [-0.25, -0.2) is 8.78 Å². The van der Waals surface area contributed by atoms with Gasteiger partial charge in [0.2, 0.25) is 0 Å². The zero-order valence-electron chi connectivity index (χ0n) is 6.53. The maximum Gasteiger partial charge on any atom is 0.251 e. The molecular formula is C8H14F2. The number of hydrogen-bond donors (Lipinski definition) is 0. The Hall–Kier alpha value is -0.140. The molecule has 0 radical (unpaired) electrons. The third kappa shape index (κ3) is 1.30. The molecule has 0 aromatic heterocycles. The fraction of sp³-hybridized carbons (Fsp3) is 1.00. The van der Waals surface area contributed by atoms with Gasteiger partial charge in [-0.1, -0.05) is 26.7 Å². The Morgan fingerprint density at radius 3 is 1.90 bits per heavy atom. The second-order valence-electron chi connectivity index (χ2n) is 3.15. The summed E-state index contributed by atoms with van der Waals surface area (Å²) in [7, 11) is 0. The van der Waals surface area contributed by atoms with Crippen LogP contribution in [0.5, 0.6) is 0 Å². The van der Waals surface area contributed by atoms with Crippen molar-refractivity contribution in [2.24, 2.45) is 11.8 Å². The van der Waals surface area contributed by atoms with Crippen molar-refractivity contribution in [2.75, 3.05) is 0 Å². The molecule has 60 valence electrons. The third-order valence-corrected chi connectivity index (χ3v) is 2.49. The van der Waals surface area contributed by atoms with E-state index in [0.29, 0.717) is 0 Å². The Bertz CT molecular complexity index is 116. The molecule has 0 heterocycles. The van der Waals surface area contributed by atoms with Crippen molar-refractivity contribution in [3.8, 4) is 0 Å². The Labute approximate surface area is 60.6 Å². The van der Waals surface area contributed by atoms with Crippen molar-refractivity contribution in [3.63, 3.8) is 0 Å². The lowest BCUT2D eigenvalue weighted by Crippen LogP contribution is -2.06. The Kier molecular flexibility index (Phi) is 1.97. The van der Waals surface area contributed by atoms with Crippen LogP contribution in [0, 0.1) is 11.8 Å². The second-order valence-corrected chi connectivity index (χ2v) is 3.15. The van der Waals surface area contributed by atoms with Crippen molar-refractivity contribution in [2.45, 2.75) is 39.0 Å². The summed E-state index contributed by atoms with van der Waals surface area (Å²) in [5, 5.41) is 0. The molecule has 0 aromatic rings. The van der Waals surface area contributed by atoms with Gasteiger partial charge in [0.25, 0.3) is 5.92 Å². The molecule has 1 aliphatic carbocycles. The third-order valence-electron chi connectivity index (χ3n) is 2.49. The molecule has 2 heteroatoms. The van der Waals surface area contributed by atoms with Crippen LogP contribution in [-0.4, -0.2) is 5.92 Å². The molecule has 1 saturated carbocycles. The molecule has 10 heavy (non-hydrogen) atoms. The Morgan fingerprint density at radius 2 is 1.80 bits per heavy atom. The van der Waals surface area contributed by atoms with Crippen LogP contribution in [0.25, 0.3) is 0 Å². The summed E-state index contributed by atoms with van der Waals surface area (Å²) in [6, 6.07) is 0. The van der Waals surface area contributed by atoms with Gasteiger partial charge in [-0.15, -0.1) is 0 Å². The van der Waals surface area contributed by atoms with Gasteiger partial charge in [0.1, 0.15) is 0 Å². The van der Waals surface area contributed by atoms with Crippen LogP contribution < -0.4 is 0 Å². The standard InChI is InChI=1S/C8H14F2/c1-3-6(4-2)7-5-8(7,9)10/h6-7H,3-5H2,1-2H3. The lowest BCUT2D eigenvalue weighted by Gasteiger charge is -2.09. The molecule has 0 spiro atoms. The smallest absolute Gasteiger partial charge is 0.207 e. The molecule has 0 amide bonds. The monoisotopic (exact) mass is 148 g/mol. The first kappa shape index (κ1) is 7.96. The highest BCUT2D eigenvalue weighted by molar-refractivity contribution is 4.98. The fourth-order valence-corrected chi connectivity index (χ4v) is 1.60. The van der Waals surface area contributed by atoms with Gasteiger partial charge >= 0.3 is 0 Å². The summed E-state index contributed by atoms with van der Waals surface area (Å²) in [6.07, 6.45) is 1.94. The molecule has 0 N–H and O–H groups in total. The van der Waals surface area contributed by atoms with Gasteiger partial charge in [0.15, 0.2) is 0 Å². The first-order valence-electron chi connectivity index (χ1n) is 3.99. The average molecular weight is 148 g/mol. The molecule has 0 saturated heterocycles. The lowest BCUT2D eigenvalue weighted by atomic mass is 9.98. The van der Waals surface area contributed by atoms with E-state index in [1.54, 1.807) is 0 Å². The minimum absolute atomic E-state index is 0.138. The van der Waals surface area contributed by atoms with E-state index >= 15 is 0 Å². The summed E-state index contributed by atoms with van der Waals surface area (Å²) in [5.74, 6) is -2.34. The van der Waals surface area contributed by atoms with Gasteiger partial charge in [0.05, 0.1) is 0 Å². The molecule has 0 bridgehead atoms. The van der Waals surface area contributed by atoms with E-state index in [0.717, 1.165) is 12.8 Å². The van der Waals surface area contributed by atoms with Crippen LogP contribution in [0.15, 0.2) is 0 Å². The minimum atomic E-state index is -2.31. The molecular weight excluding hydrogens is 134 g/mol. The normalized spacial score (nSPS) is 29.1. The van der Waals surface area contributed by atoms with E-state index in [9.17, 15) is 8.78 Å². The highest BCUT2D eigenvalue weighted by Gasteiger charge is 2.58. The maximum atomic E-state index is 12.4. The van der Waals surface area contributed by atoms with Crippen LogP contribution in [0.4, 0.5) is 8.78 Å². The van der Waals surface area contributed by atoms with Crippen molar-refractivity contribution in [1.29, 1.82) is 0 Å². The predicted octanol–water partition coefficient (Wildman–Crippen LogP) is 3.08. The van der Waals surface area contributed by atoms with Crippen molar-refractivity contribution in [3.05, 3.63) is 0 Å². The van der Waals surface area contributed by atoms with Crippen LogP contribution in [0.2, 0.25) is 0 Å². The first-order valence-corrected chi connectivity index (χ1v) is 3.99. The van der Waals surface area contributed by atoms with Gasteiger partial charge < -0.3 is 0 Å². The Balaban J connectivity index is 2.36. The quantitative estimate of drug-likeness (QED) is 0.577. The van der Waals surface area contributed by atoms with Crippen LogP contribution >= 0.6 is 0 Å². The van der Waals surface area contributed by atoms with Crippen molar-refractivity contribution >= 4 is 0 Å². The Morgan fingerprint density at radius 1 is 1.40 bits per heavy atom. The molecule has 0 nitrogen and oxygen atoms in total. The zero-order valence-corrected chi connectivity index (χ0v) is 6.53. The van der Waals surface area contributed by atoms with Gasteiger partial charge in [-0.3, -0.25) is 0 Å². The summed E-state index contributed by atoms with van der Waals surface area (Å²) in [6.45, 7) is 3.98. The SMILES string of the molecule is CCC(CC)C1CC1(F)F. The summed E-state index contributed by atoms with van der Waals surface area (Å²) in [5.41, 5.74) is 0. The molecule has 0 aromatic carbocycles. The summed E-state index contributed by atoms with van der Waals surface area (Å²) >= 11 is 0. The van der Waals surface area contributed by atoms with Gasteiger partial charge in [0, 0.05) is 12.3 Å². The highest BCUT2D eigenvalue weighted by Crippen LogP contribution is 2.54. The topological polar surface area (TPSA) is 0 Å². The van der Waals surface area contributed by atoms with Crippen molar-refractivity contribution in [1.82, 2.24) is 0 Å². The first-order chi connectivity index (χ1) is 4.61. The number of hydrogen-bond acceptors (Lipinski definition) is 0. The predicted molar refractivity (Wildman–Crippen MR) is 37.1 cm³/mol. The number of halogens is 2. The van der Waals surface area contributed by atoms with Gasteiger partial charge in [-0.05, 0) is 5.92 Å². The van der Waals surface area contributed by atoms with E-state index in [1.165, 1.54) is 0 Å². The second kappa shape index (κ2) is 2.48. The van der Waals surface area contributed by atoms with E-state index in [-0.39, 0.29) is 18.3 Å². The van der Waals surface area contributed by atoms with E-state index in [1.807, 2.05) is 13.8 Å².